The molecular formula is C14H26N2. The lowest BCUT2D eigenvalue weighted by molar-refractivity contribution is 0.164. The van der Waals surface area contributed by atoms with Crippen LogP contribution in [-0.4, -0.2) is 36.6 Å². The van der Waals surface area contributed by atoms with Crippen LogP contribution in [0.4, 0.5) is 0 Å². The van der Waals surface area contributed by atoms with Crippen LogP contribution in [0.2, 0.25) is 0 Å². The second-order valence-corrected chi connectivity index (χ2v) is 6.11. The molecule has 2 atom stereocenters. The second kappa shape index (κ2) is 5.05. The molecule has 1 aliphatic carbocycles. The molecule has 0 bridgehead atoms. The Morgan fingerprint density at radius 3 is 2.69 bits per heavy atom. The summed E-state index contributed by atoms with van der Waals surface area (Å²) in [6.45, 7) is 4.03. The van der Waals surface area contributed by atoms with Crippen molar-refractivity contribution in [3.8, 4) is 0 Å². The first-order chi connectivity index (χ1) is 7.92. The predicted molar refractivity (Wildman–Crippen MR) is 67.6 cm³/mol. The lowest BCUT2D eigenvalue weighted by Gasteiger charge is -2.35. The van der Waals surface area contributed by atoms with Crippen LogP contribution in [0.5, 0.6) is 0 Å². The first-order valence-corrected chi connectivity index (χ1v) is 7.39. The van der Waals surface area contributed by atoms with Crippen molar-refractivity contribution in [3.05, 3.63) is 0 Å². The van der Waals surface area contributed by atoms with E-state index in [0.717, 1.165) is 18.0 Å². The molecule has 0 aromatic carbocycles. The number of nitrogens with one attached hydrogen (secondary N) is 1. The third kappa shape index (κ3) is 2.43. The zero-order valence-electron chi connectivity index (χ0n) is 10.5. The van der Waals surface area contributed by atoms with Crippen molar-refractivity contribution in [1.82, 2.24) is 10.2 Å². The van der Waals surface area contributed by atoms with Gasteiger partial charge in [0.05, 0.1) is 0 Å². The zero-order chi connectivity index (χ0) is 10.8. The van der Waals surface area contributed by atoms with Gasteiger partial charge in [-0.15, -0.1) is 0 Å². The average molecular weight is 222 g/mol. The van der Waals surface area contributed by atoms with Gasteiger partial charge in [-0.05, 0) is 64.1 Å². The highest BCUT2D eigenvalue weighted by Crippen LogP contribution is 2.28. The van der Waals surface area contributed by atoms with Crippen LogP contribution in [-0.2, 0) is 0 Å². The van der Waals surface area contributed by atoms with Crippen molar-refractivity contribution in [2.45, 2.75) is 63.5 Å². The van der Waals surface area contributed by atoms with Crippen molar-refractivity contribution in [2.75, 3.05) is 19.6 Å². The fraction of sp³-hybridized carbons (Fsp3) is 1.00. The van der Waals surface area contributed by atoms with E-state index in [4.69, 9.17) is 0 Å². The molecule has 3 aliphatic rings. The highest BCUT2D eigenvalue weighted by molar-refractivity contribution is 4.89. The Morgan fingerprint density at radius 2 is 1.81 bits per heavy atom. The summed E-state index contributed by atoms with van der Waals surface area (Å²) >= 11 is 0. The van der Waals surface area contributed by atoms with E-state index in [-0.39, 0.29) is 0 Å². The van der Waals surface area contributed by atoms with Gasteiger partial charge in [-0.25, -0.2) is 0 Å². The minimum atomic E-state index is 0.833. The van der Waals surface area contributed by atoms with Crippen LogP contribution in [0.25, 0.3) is 0 Å². The quantitative estimate of drug-likeness (QED) is 0.789. The van der Waals surface area contributed by atoms with Crippen molar-refractivity contribution >= 4 is 0 Å². The molecule has 2 saturated heterocycles. The molecule has 1 N–H and O–H groups in total. The molecule has 0 spiro atoms. The Bertz CT molecular complexity index is 223. The van der Waals surface area contributed by atoms with Gasteiger partial charge in [-0.3, -0.25) is 0 Å². The van der Waals surface area contributed by atoms with E-state index < -0.39 is 0 Å². The van der Waals surface area contributed by atoms with Gasteiger partial charge in [0, 0.05) is 12.1 Å². The van der Waals surface area contributed by atoms with Gasteiger partial charge in [-0.2, -0.15) is 0 Å². The van der Waals surface area contributed by atoms with E-state index in [1.807, 2.05) is 0 Å². The number of piperidine rings is 1. The molecule has 2 nitrogen and oxygen atoms in total. The molecular weight excluding hydrogens is 196 g/mol. The minimum absolute atomic E-state index is 0.833. The molecule has 2 heterocycles. The minimum Gasteiger partial charge on any atom is -0.314 e. The van der Waals surface area contributed by atoms with Gasteiger partial charge < -0.3 is 10.2 Å². The lowest BCUT2D eigenvalue weighted by atomic mass is 9.97. The van der Waals surface area contributed by atoms with Crippen molar-refractivity contribution < 1.29 is 0 Å². The summed E-state index contributed by atoms with van der Waals surface area (Å²) in [6, 6.07) is 1.76. The van der Waals surface area contributed by atoms with E-state index in [0.29, 0.717) is 0 Å². The molecule has 2 unspecified atom stereocenters. The topological polar surface area (TPSA) is 15.3 Å². The normalized spacial score (nSPS) is 36.8. The Hall–Kier alpha value is -0.0800. The van der Waals surface area contributed by atoms with Crippen molar-refractivity contribution in [1.29, 1.82) is 0 Å². The molecule has 16 heavy (non-hydrogen) atoms. The monoisotopic (exact) mass is 222 g/mol. The smallest absolute Gasteiger partial charge is 0.0111 e. The Morgan fingerprint density at radius 1 is 0.938 bits per heavy atom. The van der Waals surface area contributed by atoms with Crippen LogP contribution in [0.15, 0.2) is 0 Å². The maximum atomic E-state index is 3.85. The summed E-state index contributed by atoms with van der Waals surface area (Å²) < 4.78 is 0. The standard InChI is InChI=1S/C14H26N2/c1-2-5-12(4-1)11-15-13-7-9-16-8-3-6-14(16)10-13/h12-15H,1-11H2. The Kier molecular flexibility index (Phi) is 3.49. The number of rotatable bonds is 3. The highest BCUT2D eigenvalue weighted by Gasteiger charge is 2.31. The second-order valence-electron chi connectivity index (χ2n) is 6.11. The Labute approximate surface area is 99.8 Å². The van der Waals surface area contributed by atoms with Gasteiger partial charge in [-0.1, -0.05) is 12.8 Å². The average Bonchev–Trinajstić information content (AvgIpc) is 2.97. The number of nitrogens with zero attached hydrogens (tertiary/aromatic N) is 1. The summed E-state index contributed by atoms with van der Waals surface area (Å²) in [6.07, 6.45) is 11.6. The highest BCUT2D eigenvalue weighted by atomic mass is 15.2. The Balaban J connectivity index is 1.42. The molecule has 92 valence electrons. The van der Waals surface area contributed by atoms with Crippen molar-refractivity contribution in [2.24, 2.45) is 5.92 Å². The van der Waals surface area contributed by atoms with Gasteiger partial charge in [0.25, 0.3) is 0 Å². The molecule has 0 aromatic heterocycles. The van der Waals surface area contributed by atoms with E-state index in [9.17, 15) is 0 Å². The number of hydrogen-bond donors (Lipinski definition) is 1. The molecule has 1 saturated carbocycles. The van der Waals surface area contributed by atoms with Gasteiger partial charge in [0.1, 0.15) is 0 Å². The van der Waals surface area contributed by atoms with Crippen LogP contribution in [0.1, 0.15) is 51.4 Å². The van der Waals surface area contributed by atoms with E-state index in [2.05, 4.69) is 10.2 Å². The number of fused-ring (bicyclic) bond motifs is 1. The lowest BCUT2D eigenvalue weighted by Crippen LogP contribution is -2.46. The largest absolute Gasteiger partial charge is 0.314 e. The summed E-state index contributed by atoms with van der Waals surface area (Å²) in [7, 11) is 0. The maximum Gasteiger partial charge on any atom is 0.0111 e. The van der Waals surface area contributed by atoms with Gasteiger partial charge >= 0.3 is 0 Å². The van der Waals surface area contributed by atoms with Crippen molar-refractivity contribution in [3.63, 3.8) is 0 Å². The van der Waals surface area contributed by atoms with Gasteiger partial charge in [0.15, 0.2) is 0 Å². The first kappa shape index (κ1) is 11.0. The predicted octanol–water partition coefficient (Wildman–Crippen LogP) is 2.39. The molecule has 3 fully saturated rings. The zero-order valence-corrected chi connectivity index (χ0v) is 10.5. The first-order valence-electron chi connectivity index (χ1n) is 7.39. The van der Waals surface area contributed by atoms with E-state index in [1.54, 1.807) is 0 Å². The summed E-state index contributed by atoms with van der Waals surface area (Å²) in [5.41, 5.74) is 0. The maximum absolute atomic E-state index is 3.85. The fourth-order valence-electron chi connectivity index (χ4n) is 3.96. The molecule has 2 heteroatoms. The molecule has 2 aliphatic heterocycles. The van der Waals surface area contributed by atoms with E-state index in [1.165, 1.54) is 71.0 Å². The summed E-state index contributed by atoms with van der Waals surface area (Å²) in [5, 5.41) is 3.85. The molecule has 0 radical (unpaired) electrons. The third-order valence-electron chi connectivity index (χ3n) is 4.99. The van der Waals surface area contributed by atoms with Gasteiger partial charge in [0.2, 0.25) is 0 Å². The van der Waals surface area contributed by atoms with Crippen LogP contribution >= 0.6 is 0 Å². The fourth-order valence-corrected chi connectivity index (χ4v) is 3.96. The molecule has 3 rings (SSSR count). The number of hydrogen-bond acceptors (Lipinski definition) is 2. The molecule has 0 amide bonds. The SMILES string of the molecule is C1CCC(CNC2CCN3CCCC3C2)C1. The van der Waals surface area contributed by atoms with Crippen LogP contribution < -0.4 is 5.32 Å². The van der Waals surface area contributed by atoms with Crippen LogP contribution in [0.3, 0.4) is 0 Å². The third-order valence-corrected chi connectivity index (χ3v) is 4.99. The molecule has 0 aromatic rings. The summed E-state index contributed by atoms with van der Waals surface area (Å²) in [4.78, 5) is 2.72. The summed E-state index contributed by atoms with van der Waals surface area (Å²) in [5.74, 6) is 1.00. The van der Waals surface area contributed by atoms with E-state index >= 15 is 0 Å². The van der Waals surface area contributed by atoms with Crippen LogP contribution in [0, 0.1) is 5.92 Å².